The first-order valence-corrected chi connectivity index (χ1v) is 6.76. The molecule has 1 saturated heterocycles. The molecule has 2 unspecified atom stereocenters. The molecular weight excluding hydrogens is 264 g/mol. The number of nitro groups is 1. The molecule has 2 rings (SSSR count). The highest BCUT2D eigenvalue weighted by atomic mass is 16.6. The van der Waals surface area contributed by atoms with Gasteiger partial charge in [-0.3, -0.25) is 14.8 Å². The van der Waals surface area contributed by atoms with Gasteiger partial charge in [-0.25, -0.2) is 0 Å². The number of β-amino-alcohol motifs (C(OH)–C–C–N with tert-alkyl or cyclic N) is 1. The lowest BCUT2D eigenvalue weighted by Gasteiger charge is -2.33. The largest absolute Gasteiger partial charge is 0.396 e. The molecule has 0 aromatic carbocycles. The predicted molar refractivity (Wildman–Crippen MR) is 71.1 cm³/mol. The SMILES string of the molecule is O=[N+]([O-])c1cnn(CC(O)CN2CCCC(CO)C2)c1. The number of hydrogen-bond acceptors (Lipinski definition) is 6. The molecule has 20 heavy (non-hydrogen) atoms. The summed E-state index contributed by atoms with van der Waals surface area (Å²) in [6.45, 7) is 2.59. The molecule has 8 heteroatoms. The van der Waals surface area contributed by atoms with Gasteiger partial charge in [-0.05, 0) is 25.3 Å². The Labute approximate surface area is 116 Å². The fraction of sp³-hybridized carbons (Fsp3) is 0.750. The van der Waals surface area contributed by atoms with Crippen molar-refractivity contribution in [3.63, 3.8) is 0 Å². The molecular formula is C12H20N4O4. The van der Waals surface area contributed by atoms with Crippen LogP contribution in [0.5, 0.6) is 0 Å². The third-order valence-electron chi connectivity index (χ3n) is 3.56. The first-order chi connectivity index (χ1) is 9.58. The number of aliphatic hydroxyl groups excluding tert-OH is 2. The molecule has 2 N–H and O–H groups in total. The van der Waals surface area contributed by atoms with Gasteiger partial charge in [0.2, 0.25) is 0 Å². The number of hydrogen-bond donors (Lipinski definition) is 2. The predicted octanol–water partition coefficient (Wildman–Crippen LogP) is -0.144. The Hall–Kier alpha value is -1.51. The van der Waals surface area contributed by atoms with Crippen LogP contribution in [0.15, 0.2) is 12.4 Å². The van der Waals surface area contributed by atoms with Crippen LogP contribution in [-0.2, 0) is 6.54 Å². The average Bonchev–Trinajstić information content (AvgIpc) is 2.87. The van der Waals surface area contributed by atoms with Crippen LogP contribution in [0.2, 0.25) is 0 Å². The lowest BCUT2D eigenvalue weighted by molar-refractivity contribution is -0.385. The number of likely N-dealkylation sites (tertiary alicyclic amines) is 1. The summed E-state index contributed by atoms with van der Waals surface area (Å²) in [6, 6.07) is 0. The molecule has 1 aromatic heterocycles. The summed E-state index contributed by atoms with van der Waals surface area (Å²) in [5, 5.41) is 33.6. The molecule has 2 atom stereocenters. The van der Waals surface area contributed by atoms with Gasteiger partial charge in [-0.1, -0.05) is 0 Å². The fourth-order valence-corrected chi connectivity index (χ4v) is 2.58. The van der Waals surface area contributed by atoms with Gasteiger partial charge < -0.3 is 15.1 Å². The quantitative estimate of drug-likeness (QED) is 0.556. The standard InChI is InChI=1S/C12H20N4O4/c17-9-10-2-1-3-14(5-10)7-12(18)8-15-6-11(4-13-15)16(19)20/h4,6,10,12,17-18H,1-3,5,7-9H2. The number of rotatable bonds is 6. The van der Waals surface area contributed by atoms with Gasteiger partial charge in [0.25, 0.3) is 0 Å². The van der Waals surface area contributed by atoms with E-state index in [9.17, 15) is 15.2 Å². The number of aliphatic hydroxyl groups is 2. The lowest BCUT2D eigenvalue weighted by atomic mass is 9.99. The van der Waals surface area contributed by atoms with Crippen LogP contribution in [0, 0.1) is 16.0 Å². The molecule has 112 valence electrons. The molecule has 8 nitrogen and oxygen atoms in total. The summed E-state index contributed by atoms with van der Waals surface area (Å²) < 4.78 is 1.39. The van der Waals surface area contributed by atoms with Crippen molar-refractivity contribution in [1.82, 2.24) is 14.7 Å². The Morgan fingerprint density at radius 3 is 3.00 bits per heavy atom. The summed E-state index contributed by atoms with van der Waals surface area (Å²) in [4.78, 5) is 12.2. The van der Waals surface area contributed by atoms with E-state index in [2.05, 4.69) is 10.00 Å². The van der Waals surface area contributed by atoms with Crippen molar-refractivity contribution in [1.29, 1.82) is 0 Å². The first-order valence-electron chi connectivity index (χ1n) is 6.76. The Balaban J connectivity index is 1.82. The van der Waals surface area contributed by atoms with Crippen LogP contribution in [0.3, 0.4) is 0 Å². The molecule has 0 spiro atoms. The number of aromatic nitrogens is 2. The van der Waals surface area contributed by atoms with E-state index in [1.54, 1.807) is 0 Å². The van der Waals surface area contributed by atoms with Gasteiger partial charge in [0.1, 0.15) is 12.4 Å². The summed E-state index contributed by atoms with van der Waals surface area (Å²) >= 11 is 0. The summed E-state index contributed by atoms with van der Waals surface area (Å²) in [7, 11) is 0. The van der Waals surface area contributed by atoms with Crippen molar-refractivity contribution in [3.8, 4) is 0 Å². The van der Waals surface area contributed by atoms with Crippen LogP contribution in [-0.4, -0.2) is 62.2 Å². The molecule has 1 aromatic rings. The molecule has 2 heterocycles. The summed E-state index contributed by atoms with van der Waals surface area (Å²) in [5.41, 5.74) is -0.0736. The third-order valence-corrected chi connectivity index (χ3v) is 3.56. The van der Waals surface area contributed by atoms with E-state index in [1.165, 1.54) is 17.1 Å². The van der Waals surface area contributed by atoms with E-state index < -0.39 is 11.0 Å². The van der Waals surface area contributed by atoms with Crippen LogP contribution in [0.4, 0.5) is 5.69 Å². The van der Waals surface area contributed by atoms with Gasteiger partial charge in [-0.2, -0.15) is 5.10 Å². The Morgan fingerprint density at radius 2 is 2.35 bits per heavy atom. The maximum Gasteiger partial charge on any atom is 0.306 e. The van der Waals surface area contributed by atoms with Gasteiger partial charge in [0, 0.05) is 19.7 Å². The minimum atomic E-state index is -0.632. The summed E-state index contributed by atoms with van der Waals surface area (Å²) in [5.74, 6) is 0.279. The third kappa shape index (κ3) is 3.99. The van der Waals surface area contributed by atoms with E-state index in [0.29, 0.717) is 6.54 Å². The number of piperidine rings is 1. The first kappa shape index (κ1) is 14.9. The number of nitrogens with zero attached hydrogens (tertiary/aromatic N) is 4. The molecule has 1 aliphatic rings. The Bertz CT molecular complexity index is 450. The average molecular weight is 284 g/mol. The Morgan fingerprint density at radius 1 is 1.55 bits per heavy atom. The second-order valence-corrected chi connectivity index (χ2v) is 5.28. The van der Waals surface area contributed by atoms with E-state index in [4.69, 9.17) is 5.11 Å². The zero-order chi connectivity index (χ0) is 14.5. The molecule has 0 aliphatic carbocycles. The molecule has 1 fully saturated rings. The van der Waals surface area contributed by atoms with Gasteiger partial charge >= 0.3 is 5.69 Å². The van der Waals surface area contributed by atoms with E-state index >= 15 is 0 Å². The minimum absolute atomic E-state index is 0.0736. The van der Waals surface area contributed by atoms with Crippen molar-refractivity contribution in [3.05, 3.63) is 22.5 Å². The van der Waals surface area contributed by atoms with Crippen LogP contribution in [0.25, 0.3) is 0 Å². The maximum absolute atomic E-state index is 10.5. The van der Waals surface area contributed by atoms with Crippen molar-refractivity contribution in [2.75, 3.05) is 26.2 Å². The second kappa shape index (κ2) is 6.78. The van der Waals surface area contributed by atoms with Crippen LogP contribution in [0.1, 0.15) is 12.8 Å². The fourth-order valence-electron chi connectivity index (χ4n) is 2.58. The van der Waals surface area contributed by atoms with Crippen molar-refractivity contribution < 1.29 is 15.1 Å². The van der Waals surface area contributed by atoms with Gasteiger partial charge in [-0.15, -0.1) is 0 Å². The van der Waals surface area contributed by atoms with Gasteiger partial charge in [0.15, 0.2) is 0 Å². The topological polar surface area (TPSA) is 105 Å². The molecule has 0 bridgehead atoms. The highest BCUT2D eigenvalue weighted by Crippen LogP contribution is 2.16. The molecule has 0 amide bonds. The molecule has 0 saturated carbocycles. The maximum atomic E-state index is 10.5. The van der Waals surface area contributed by atoms with E-state index in [1.807, 2.05) is 0 Å². The second-order valence-electron chi connectivity index (χ2n) is 5.28. The zero-order valence-corrected chi connectivity index (χ0v) is 11.3. The minimum Gasteiger partial charge on any atom is -0.396 e. The lowest BCUT2D eigenvalue weighted by Crippen LogP contribution is -2.42. The highest BCUT2D eigenvalue weighted by molar-refractivity contribution is 5.20. The van der Waals surface area contributed by atoms with E-state index in [-0.39, 0.29) is 24.8 Å². The Kier molecular flexibility index (Phi) is 5.05. The summed E-state index contributed by atoms with van der Waals surface area (Å²) in [6.07, 6.45) is 3.90. The monoisotopic (exact) mass is 284 g/mol. The van der Waals surface area contributed by atoms with Crippen molar-refractivity contribution in [2.24, 2.45) is 5.92 Å². The molecule has 0 radical (unpaired) electrons. The highest BCUT2D eigenvalue weighted by Gasteiger charge is 2.21. The normalized spacial score (nSPS) is 21.8. The van der Waals surface area contributed by atoms with E-state index in [0.717, 1.165) is 25.9 Å². The van der Waals surface area contributed by atoms with Gasteiger partial charge in [0.05, 0.1) is 17.6 Å². The zero-order valence-electron chi connectivity index (χ0n) is 11.3. The van der Waals surface area contributed by atoms with Crippen molar-refractivity contribution >= 4 is 5.69 Å². The van der Waals surface area contributed by atoms with Crippen LogP contribution >= 0.6 is 0 Å². The van der Waals surface area contributed by atoms with Crippen molar-refractivity contribution in [2.45, 2.75) is 25.5 Å². The van der Waals surface area contributed by atoms with Crippen LogP contribution < -0.4 is 0 Å². The smallest absolute Gasteiger partial charge is 0.306 e. The molecule has 1 aliphatic heterocycles.